The highest BCUT2D eigenvalue weighted by Crippen LogP contribution is 2.31. The molecule has 1 aliphatic heterocycles. The average Bonchev–Trinajstić information content (AvgIpc) is 2.86. The molecule has 3 rings (SSSR count). The fourth-order valence-electron chi connectivity index (χ4n) is 3.07. The lowest BCUT2D eigenvalue weighted by atomic mass is 10.1. The van der Waals surface area contributed by atoms with Crippen molar-refractivity contribution in [1.82, 2.24) is 4.90 Å². The van der Waals surface area contributed by atoms with Gasteiger partial charge < -0.3 is 15.2 Å². The molecule has 2 aliphatic rings. The Kier molecular flexibility index (Phi) is 4.24. The number of rotatable bonds is 4. The molecule has 1 saturated heterocycles. The third-order valence-electron chi connectivity index (χ3n) is 4.34. The van der Waals surface area contributed by atoms with E-state index in [1.165, 1.54) is 11.1 Å². The largest absolute Gasteiger partial charge is 0.491 e. The summed E-state index contributed by atoms with van der Waals surface area (Å²) < 4.78 is 11.7. The second-order valence-corrected chi connectivity index (χ2v) is 5.70. The standard InChI is InChI=1S/C16H24N2O2/c1-2-18-7-8-19-14(10-18)11-20-13-4-5-15-12(9-13)3-6-16(15)17/h4-5,9,14,16H,2-3,6-8,10-11,17H2,1H3. The van der Waals surface area contributed by atoms with E-state index in [2.05, 4.69) is 24.0 Å². The van der Waals surface area contributed by atoms with Gasteiger partial charge in [-0.15, -0.1) is 0 Å². The van der Waals surface area contributed by atoms with Gasteiger partial charge >= 0.3 is 0 Å². The molecule has 110 valence electrons. The zero-order chi connectivity index (χ0) is 13.9. The highest BCUT2D eigenvalue weighted by Gasteiger charge is 2.21. The molecule has 0 aromatic heterocycles. The summed E-state index contributed by atoms with van der Waals surface area (Å²) >= 11 is 0. The van der Waals surface area contributed by atoms with Crippen molar-refractivity contribution in [2.45, 2.75) is 31.9 Å². The number of hydrogen-bond acceptors (Lipinski definition) is 4. The van der Waals surface area contributed by atoms with E-state index < -0.39 is 0 Å². The lowest BCUT2D eigenvalue weighted by molar-refractivity contribution is -0.0464. The third kappa shape index (κ3) is 2.97. The highest BCUT2D eigenvalue weighted by molar-refractivity contribution is 5.40. The molecule has 1 heterocycles. The molecular weight excluding hydrogens is 252 g/mol. The number of ether oxygens (including phenoxy) is 2. The van der Waals surface area contributed by atoms with Crippen LogP contribution in [0.4, 0.5) is 0 Å². The molecule has 1 aromatic rings. The Morgan fingerprint density at radius 2 is 2.35 bits per heavy atom. The quantitative estimate of drug-likeness (QED) is 0.910. The van der Waals surface area contributed by atoms with E-state index in [4.69, 9.17) is 15.2 Å². The summed E-state index contributed by atoms with van der Waals surface area (Å²) in [6.45, 7) is 6.70. The predicted octanol–water partition coefficient (Wildman–Crippen LogP) is 1.73. The molecule has 1 aromatic carbocycles. The Morgan fingerprint density at radius 3 is 3.20 bits per heavy atom. The van der Waals surface area contributed by atoms with Gasteiger partial charge in [0.25, 0.3) is 0 Å². The van der Waals surface area contributed by atoms with Crippen molar-refractivity contribution in [3.05, 3.63) is 29.3 Å². The molecule has 2 atom stereocenters. The minimum absolute atomic E-state index is 0.180. The Balaban J connectivity index is 1.56. The number of fused-ring (bicyclic) bond motifs is 1. The Bertz CT molecular complexity index is 464. The van der Waals surface area contributed by atoms with E-state index in [1.54, 1.807) is 0 Å². The third-order valence-corrected chi connectivity index (χ3v) is 4.34. The first-order chi connectivity index (χ1) is 9.76. The van der Waals surface area contributed by atoms with Crippen molar-refractivity contribution >= 4 is 0 Å². The zero-order valence-corrected chi connectivity index (χ0v) is 12.2. The van der Waals surface area contributed by atoms with Gasteiger partial charge in [0.1, 0.15) is 18.5 Å². The maximum atomic E-state index is 6.05. The number of likely N-dealkylation sites (N-methyl/N-ethyl adjacent to an activating group) is 1. The fraction of sp³-hybridized carbons (Fsp3) is 0.625. The van der Waals surface area contributed by atoms with Gasteiger partial charge in [-0.05, 0) is 42.6 Å². The van der Waals surface area contributed by atoms with Crippen molar-refractivity contribution in [3.8, 4) is 5.75 Å². The van der Waals surface area contributed by atoms with Crippen LogP contribution in [-0.2, 0) is 11.2 Å². The van der Waals surface area contributed by atoms with Crippen molar-refractivity contribution in [2.75, 3.05) is 32.8 Å². The summed E-state index contributed by atoms with van der Waals surface area (Å²) in [5, 5.41) is 0. The van der Waals surface area contributed by atoms with Gasteiger partial charge in [0.15, 0.2) is 0 Å². The van der Waals surface area contributed by atoms with Crippen LogP contribution in [0.25, 0.3) is 0 Å². The molecule has 20 heavy (non-hydrogen) atoms. The monoisotopic (exact) mass is 276 g/mol. The van der Waals surface area contributed by atoms with Crippen LogP contribution in [-0.4, -0.2) is 43.9 Å². The summed E-state index contributed by atoms with van der Waals surface area (Å²) in [6.07, 6.45) is 2.30. The summed E-state index contributed by atoms with van der Waals surface area (Å²) in [5.74, 6) is 0.940. The van der Waals surface area contributed by atoms with Crippen LogP contribution in [0.3, 0.4) is 0 Å². The molecule has 0 saturated carbocycles. The first kappa shape index (κ1) is 13.9. The summed E-state index contributed by atoms with van der Waals surface area (Å²) in [7, 11) is 0. The number of aryl methyl sites for hydroxylation is 1. The van der Waals surface area contributed by atoms with Gasteiger partial charge in [-0.3, -0.25) is 4.90 Å². The first-order valence-corrected chi connectivity index (χ1v) is 7.61. The van der Waals surface area contributed by atoms with Gasteiger partial charge in [-0.1, -0.05) is 13.0 Å². The van der Waals surface area contributed by atoms with E-state index in [-0.39, 0.29) is 12.1 Å². The summed E-state index contributed by atoms with van der Waals surface area (Å²) in [4.78, 5) is 2.40. The Labute approximate surface area is 120 Å². The normalized spacial score (nSPS) is 26.5. The molecule has 4 nitrogen and oxygen atoms in total. The zero-order valence-electron chi connectivity index (χ0n) is 12.2. The van der Waals surface area contributed by atoms with Gasteiger partial charge in [-0.25, -0.2) is 0 Å². The molecule has 2 N–H and O–H groups in total. The minimum Gasteiger partial charge on any atom is -0.491 e. The smallest absolute Gasteiger partial charge is 0.119 e. The van der Waals surface area contributed by atoms with E-state index in [9.17, 15) is 0 Å². The molecule has 0 radical (unpaired) electrons. The highest BCUT2D eigenvalue weighted by atomic mass is 16.5. The van der Waals surface area contributed by atoms with Gasteiger partial charge in [0.05, 0.1) is 6.61 Å². The second-order valence-electron chi connectivity index (χ2n) is 5.70. The minimum atomic E-state index is 0.180. The molecule has 0 amide bonds. The van der Waals surface area contributed by atoms with E-state index in [1.807, 2.05) is 6.07 Å². The lowest BCUT2D eigenvalue weighted by Crippen LogP contribution is -2.44. The molecule has 4 heteroatoms. The Hall–Kier alpha value is -1.10. The lowest BCUT2D eigenvalue weighted by Gasteiger charge is -2.31. The summed E-state index contributed by atoms with van der Waals surface area (Å²) in [5.41, 5.74) is 8.67. The van der Waals surface area contributed by atoms with Crippen molar-refractivity contribution in [3.63, 3.8) is 0 Å². The topological polar surface area (TPSA) is 47.7 Å². The average molecular weight is 276 g/mol. The maximum Gasteiger partial charge on any atom is 0.119 e. The van der Waals surface area contributed by atoms with Crippen LogP contribution in [0.1, 0.15) is 30.5 Å². The van der Waals surface area contributed by atoms with E-state index >= 15 is 0 Å². The SMILES string of the molecule is CCN1CCOC(COc2ccc3c(c2)CCC3N)C1. The number of benzene rings is 1. The van der Waals surface area contributed by atoms with Gasteiger partial charge in [-0.2, -0.15) is 0 Å². The van der Waals surface area contributed by atoms with Crippen LogP contribution >= 0.6 is 0 Å². The fourth-order valence-corrected chi connectivity index (χ4v) is 3.07. The van der Waals surface area contributed by atoms with Crippen LogP contribution < -0.4 is 10.5 Å². The van der Waals surface area contributed by atoms with E-state index in [0.29, 0.717) is 6.61 Å². The molecule has 1 fully saturated rings. The van der Waals surface area contributed by atoms with Crippen LogP contribution in [0.15, 0.2) is 18.2 Å². The molecule has 2 unspecified atom stereocenters. The van der Waals surface area contributed by atoms with Crippen molar-refractivity contribution < 1.29 is 9.47 Å². The van der Waals surface area contributed by atoms with Crippen LogP contribution in [0.2, 0.25) is 0 Å². The predicted molar refractivity (Wildman–Crippen MR) is 79.0 cm³/mol. The van der Waals surface area contributed by atoms with Crippen molar-refractivity contribution in [2.24, 2.45) is 5.73 Å². The molecule has 0 bridgehead atoms. The van der Waals surface area contributed by atoms with Gasteiger partial charge in [0, 0.05) is 19.1 Å². The van der Waals surface area contributed by atoms with Crippen LogP contribution in [0.5, 0.6) is 5.75 Å². The first-order valence-electron chi connectivity index (χ1n) is 7.61. The second kappa shape index (κ2) is 6.12. The number of hydrogen-bond donors (Lipinski definition) is 1. The Morgan fingerprint density at radius 1 is 1.45 bits per heavy atom. The molecule has 1 aliphatic carbocycles. The molecular formula is C16H24N2O2. The van der Waals surface area contributed by atoms with E-state index in [0.717, 1.165) is 44.8 Å². The maximum absolute atomic E-state index is 6.05. The molecule has 0 spiro atoms. The van der Waals surface area contributed by atoms with Crippen LogP contribution in [0, 0.1) is 0 Å². The number of nitrogens with two attached hydrogens (primary N) is 1. The summed E-state index contributed by atoms with van der Waals surface area (Å²) in [6, 6.07) is 6.49. The van der Waals surface area contributed by atoms with Gasteiger partial charge in [0.2, 0.25) is 0 Å². The number of nitrogens with zero attached hydrogens (tertiary/aromatic N) is 1. The van der Waals surface area contributed by atoms with Crippen molar-refractivity contribution in [1.29, 1.82) is 0 Å². The number of morpholine rings is 1.